The molecule has 9 heteroatoms. The van der Waals surface area contributed by atoms with E-state index in [0.717, 1.165) is 18.9 Å². The maximum Gasteiger partial charge on any atom is 0.387 e. The highest BCUT2D eigenvalue weighted by Gasteiger charge is 2.61. The quantitative estimate of drug-likeness (QED) is 0.653. The summed E-state index contributed by atoms with van der Waals surface area (Å²) < 4.78 is 37.7. The van der Waals surface area contributed by atoms with Gasteiger partial charge >= 0.3 is 6.61 Å². The molecular formula is C25H35F2N5O2. The minimum Gasteiger partial charge on any atom is -0.431 e. The number of hydrogen-bond donors (Lipinski definition) is 1. The Bertz CT molecular complexity index is 1000. The Morgan fingerprint density at radius 3 is 2.32 bits per heavy atom. The zero-order chi connectivity index (χ0) is 24.1. The second kappa shape index (κ2) is 9.07. The van der Waals surface area contributed by atoms with Crippen LogP contribution in [0.15, 0.2) is 18.3 Å². The molecule has 0 spiro atoms. The van der Waals surface area contributed by atoms with Crippen LogP contribution in [0.3, 0.4) is 0 Å². The average molecular weight is 476 g/mol. The SMILES string of the molecule is CC.CC(C)n1nc(-c2cnc(N)c(OC(F)F)c2)cc1C1C2CC(N3C4COCC3C4)C[C@@H]21. The number of ether oxygens (including phenoxy) is 2. The van der Waals surface area contributed by atoms with Gasteiger partial charge in [0, 0.05) is 47.5 Å². The fourth-order valence-corrected chi connectivity index (χ4v) is 6.45. The molecule has 2 aromatic heterocycles. The van der Waals surface area contributed by atoms with Crippen molar-refractivity contribution in [2.24, 2.45) is 11.8 Å². The molecule has 0 aromatic carbocycles. The van der Waals surface area contributed by atoms with Crippen molar-refractivity contribution in [2.75, 3.05) is 18.9 Å². The largest absolute Gasteiger partial charge is 0.431 e. The molecule has 4 aliphatic rings. The minimum atomic E-state index is -2.95. The molecule has 7 nitrogen and oxygen atoms in total. The monoisotopic (exact) mass is 475 g/mol. The van der Waals surface area contributed by atoms with E-state index >= 15 is 0 Å². The fraction of sp³-hybridized carbons (Fsp3) is 0.680. The summed E-state index contributed by atoms with van der Waals surface area (Å²) in [7, 11) is 0. The normalized spacial score (nSPS) is 31.6. The first kappa shape index (κ1) is 23.5. The molecule has 2 aromatic rings. The van der Waals surface area contributed by atoms with Crippen molar-refractivity contribution in [1.29, 1.82) is 0 Å². The number of nitrogen functional groups attached to an aromatic ring is 1. The predicted molar refractivity (Wildman–Crippen MR) is 126 cm³/mol. The molecule has 186 valence electrons. The first-order chi connectivity index (χ1) is 16.4. The molecule has 2 saturated heterocycles. The number of rotatable bonds is 6. The maximum atomic E-state index is 12.7. The smallest absolute Gasteiger partial charge is 0.387 e. The van der Waals surface area contributed by atoms with E-state index in [4.69, 9.17) is 15.6 Å². The summed E-state index contributed by atoms with van der Waals surface area (Å²) in [5.41, 5.74) is 8.29. The highest BCUT2D eigenvalue weighted by molar-refractivity contribution is 5.64. The number of halogens is 2. The molecule has 2 bridgehead atoms. The number of nitrogens with zero attached hydrogens (tertiary/aromatic N) is 4. The number of alkyl halides is 2. The summed E-state index contributed by atoms with van der Waals surface area (Å²) >= 11 is 0. The Labute approximate surface area is 199 Å². The van der Waals surface area contributed by atoms with Crippen LogP contribution in [-0.4, -0.2) is 57.6 Å². The lowest BCUT2D eigenvalue weighted by Gasteiger charge is -2.55. The van der Waals surface area contributed by atoms with E-state index in [9.17, 15) is 8.78 Å². The third-order valence-corrected chi connectivity index (χ3v) is 7.84. The first-order valence-electron chi connectivity index (χ1n) is 12.6. The number of pyridine rings is 1. The van der Waals surface area contributed by atoms with E-state index in [1.807, 2.05) is 13.8 Å². The molecule has 2 aliphatic carbocycles. The predicted octanol–water partition coefficient (Wildman–Crippen LogP) is 4.70. The molecule has 5 unspecified atom stereocenters. The van der Waals surface area contributed by atoms with Crippen LogP contribution in [0.2, 0.25) is 0 Å². The summed E-state index contributed by atoms with van der Waals surface area (Å²) in [5, 5.41) is 4.81. The highest BCUT2D eigenvalue weighted by atomic mass is 19.3. The molecule has 0 radical (unpaired) electrons. The molecule has 6 rings (SSSR count). The third kappa shape index (κ3) is 3.96. The van der Waals surface area contributed by atoms with Crippen LogP contribution in [0.25, 0.3) is 11.3 Å². The Balaban J connectivity index is 0.00000117. The van der Waals surface area contributed by atoms with E-state index < -0.39 is 6.61 Å². The van der Waals surface area contributed by atoms with Crippen molar-refractivity contribution in [3.63, 3.8) is 0 Å². The van der Waals surface area contributed by atoms with E-state index in [-0.39, 0.29) is 17.6 Å². The van der Waals surface area contributed by atoms with Crippen molar-refractivity contribution in [3.05, 3.63) is 24.0 Å². The van der Waals surface area contributed by atoms with Gasteiger partial charge in [0.2, 0.25) is 0 Å². The summed E-state index contributed by atoms with van der Waals surface area (Å²) in [6.07, 6.45) is 5.36. The van der Waals surface area contributed by atoms with E-state index in [1.165, 1.54) is 31.0 Å². The molecule has 2 saturated carbocycles. The van der Waals surface area contributed by atoms with Crippen LogP contribution in [0.4, 0.5) is 14.6 Å². The molecule has 34 heavy (non-hydrogen) atoms. The van der Waals surface area contributed by atoms with Gasteiger partial charge in [0.05, 0.1) is 18.9 Å². The molecular weight excluding hydrogens is 440 g/mol. The summed E-state index contributed by atoms with van der Waals surface area (Å²) in [6.45, 7) is 7.07. The number of morpholine rings is 1. The van der Waals surface area contributed by atoms with Crippen molar-refractivity contribution in [2.45, 2.75) is 83.7 Å². The number of aromatic nitrogens is 3. The summed E-state index contributed by atoms with van der Waals surface area (Å²) in [4.78, 5) is 6.76. The number of hydrogen-bond acceptors (Lipinski definition) is 6. The van der Waals surface area contributed by atoms with Gasteiger partial charge < -0.3 is 15.2 Å². The molecule has 6 atom stereocenters. The first-order valence-corrected chi connectivity index (χ1v) is 12.6. The van der Waals surface area contributed by atoms with Crippen molar-refractivity contribution in [3.8, 4) is 17.0 Å². The van der Waals surface area contributed by atoms with Crippen LogP contribution in [0.1, 0.15) is 64.6 Å². The van der Waals surface area contributed by atoms with Gasteiger partial charge in [-0.3, -0.25) is 9.58 Å². The van der Waals surface area contributed by atoms with Crippen LogP contribution >= 0.6 is 0 Å². The van der Waals surface area contributed by atoms with Gasteiger partial charge in [-0.1, -0.05) is 13.8 Å². The van der Waals surface area contributed by atoms with Crippen molar-refractivity contribution in [1.82, 2.24) is 19.7 Å². The fourth-order valence-electron chi connectivity index (χ4n) is 6.45. The zero-order valence-corrected chi connectivity index (χ0v) is 20.3. The minimum absolute atomic E-state index is 0.0542. The van der Waals surface area contributed by atoms with Crippen molar-refractivity contribution < 1.29 is 18.3 Å². The van der Waals surface area contributed by atoms with Crippen LogP contribution in [0, 0.1) is 11.8 Å². The molecule has 0 amide bonds. The number of anilines is 1. The van der Waals surface area contributed by atoms with Gasteiger partial charge in [-0.2, -0.15) is 13.9 Å². The van der Waals surface area contributed by atoms with Gasteiger partial charge in [0.1, 0.15) is 0 Å². The Kier molecular flexibility index (Phi) is 6.27. The third-order valence-electron chi connectivity index (χ3n) is 7.84. The summed E-state index contributed by atoms with van der Waals surface area (Å²) in [5.74, 6) is 1.75. The maximum absolute atomic E-state index is 12.7. The van der Waals surface area contributed by atoms with Crippen LogP contribution in [-0.2, 0) is 4.74 Å². The Hall–Kier alpha value is -2.26. The molecule has 2 aliphatic heterocycles. The molecule has 2 N–H and O–H groups in total. The van der Waals surface area contributed by atoms with E-state index in [2.05, 4.69) is 39.2 Å². The molecule has 4 fully saturated rings. The Morgan fingerprint density at radius 1 is 1.06 bits per heavy atom. The molecule has 4 heterocycles. The van der Waals surface area contributed by atoms with Gasteiger partial charge in [-0.25, -0.2) is 4.98 Å². The topological polar surface area (TPSA) is 78.4 Å². The number of nitrogens with two attached hydrogens (primary N) is 1. The van der Waals surface area contributed by atoms with Gasteiger partial charge in [-0.15, -0.1) is 0 Å². The number of fused-ring (bicyclic) bond motifs is 3. The van der Waals surface area contributed by atoms with Crippen molar-refractivity contribution >= 4 is 5.82 Å². The second-order valence-corrected chi connectivity index (χ2v) is 9.99. The van der Waals surface area contributed by atoms with Crippen LogP contribution in [0.5, 0.6) is 5.75 Å². The summed E-state index contributed by atoms with van der Waals surface area (Å²) in [6, 6.07) is 5.76. The lowest BCUT2D eigenvalue weighted by Crippen LogP contribution is -2.66. The standard InChI is InChI=1S/C23H29F2N5O2.C2H6/c1-11(2)30-19(7-18(28-30)12-3-20(32-23(24)25)22(26)27-8-12)21-16-5-13(6-17(16)21)29-14-4-15(29)10-31-9-14;1-2/h3,7-8,11,13-17,21,23H,4-6,9-10H2,1-2H3,(H2,26,27);1-2H3/t13?,14?,15?,16-,17?,21?;/m0./s1. The Morgan fingerprint density at radius 2 is 1.74 bits per heavy atom. The van der Waals surface area contributed by atoms with Gasteiger partial charge in [-0.05, 0) is 57.1 Å². The van der Waals surface area contributed by atoms with Gasteiger partial charge in [0.15, 0.2) is 11.6 Å². The zero-order valence-electron chi connectivity index (χ0n) is 20.3. The van der Waals surface area contributed by atoms with Crippen LogP contribution < -0.4 is 10.5 Å². The lowest BCUT2D eigenvalue weighted by atomic mass is 9.87. The van der Waals surface area contributed by atoms with E-state index in [0.29, 0.717) is 41.4 Å². The van der Waals surface area contributed by atoms with E-state index in [1.54, 1.807) is 6.20 Å². The second-order valence-electron chi connectivity index (χ2n) is 9.99. The highest BCUT2D eigenvalue weighted by Crippen LogP contribution is 2.65. The average Bonchev–Trinajstić information content (AvgIpc) is 3.15. The lowest BCUT2D eigenvalue weighted by molar-refractivity contribution is -0.147. The van der Waals surface area contributed by atoms with Gasteiger partial charge in [0.25, 0.3) is 0 Å².